The summed E-state index contributed by atoms with van der Waals surface area (Å²) in [4.78, 5) is 25.8. The molecule has 1 heterocycles. The van der Waals surface area contributed by atoms with Gasteiger partial charge < -0.3 is 15.0 Å². The van der Waals surface area contributed by atoms with Crippen molar-refractivity contribution in [3.05, 3.63) is 46.2 Å². The number of carbonyl (C=O) groups is 2. The fraction of sp³-hybridized carbons (Fsp3) is 0.368. The molecule has 0 aliphatic heterocycles. The van der Waals surface area contributed by atoms with E-state index < -0.39 is 15.9 Å². The zero-order chi connectivity index (χ0) is 21.4. The molecule has 0 atom stereocenters. The third-order valence-electron chi connectivity index (χ3n) is 3.99. The Hall–Kier alpha value is -2.43. The highest BCUT2D eigenvalue weighted by Crippen LogP contribution is 2.25. The summed E-state index contributed by atoms with van der Waals surface area (Å²) in [5.41, 5.74) is 1.41. The molecule has 0 spiro atoms. The second-order valence-electron chi connectivity index (χ2n) is 6.44. The number of rotatable bonds is 10. The summed E-state index contributed by atoms with van der Waals surface area (Å²) in [5.74, 6) is -0.855. The van der Waals surface area contributed by atoms with Crippen molar-refractivity contribution in [2.24, 2.45) is 0 Å². The third-order valence-corrected chi connectivity index (χ3v) is 6.45. The van der Waals surface area contributed by atoms with Gasteiger partial charge in [0.25, 0.3) is 15.9 Å². The van der Waals surface area contributed by atoms with Crippen LogP contribution >= 0.6 is 11.3 Å². The molecule has 8 nitrogen and oxygen atoms in total. The zero-order valence-corrected chi connectivity index (χ0v) is 18.2. The van der Waals surface area contributed by atoms with E-state index in [1.807, 2.05) is 6.92 Å². The molecule has 0 saturated heterocycles. The molecule has 0 aliphatic carbocycles. The summed E-state index contributed by atoms with van der Waals surface area (Å²) < 4.78 is 32.9. The molecule has 2 rings (SSSR count). The van der Waals surface area contributed by atoms with Gasteiger partial charge in [-0.15, -0.1) is 11.3 Å². The van der Waals surface area contributed by atoms with Crippen LogP contribution in [-0.2, 0) is 19.6 Å². The number of anilines is 1. The maximum atomic E-state index is 12.8. The second-order valence-corrected chi connectivity index (χ2v) is 9.01. The van der Waals surface area contributed by atoms with Crippen LogP contribution in [0.2, 0.25) is 0 Å². The van der Waals surface area contributed by atoms with E-state index in [1.165, 1.54) is 23.4 Å². The van der Waals surface area contributed by atoms with Gasteiger partial charge in [-0.1, -0.05) is 17.7 Å². The summed E-state index contributed by atoms with van der Waals surface area (Å²) in [6.07, 6.45) is 0.665. The Labute approximate surface area is 174 Å². The number of methoxy groups -OCH3 is 1. The van der Waals surface area contributed by atoms with Crippen molar-refractivity contribution in [1.82, 2.24) is 10.2 Å². The molecule has 0 unspecified atom stereocenters. The third kappa shape index (κ3) is 6.55. The van der Waals surface area contributed by atoms with Crippen LogP contribution in [0, 0.1) is 6.92 Å². The van der Waals surface area contributed by atoms with Gasteiger partial charge >= 0.3 is 0 Å². The number of likely N-dealkylation sites (N-methyl/N-ethyl adjacent to an activating group) is 1. The van der Waals surface area contributed by atoms with Crippen LogP contribution < -0.4 is 10.0 Å². The van der Waals surface area contributed by atoms with Crippen LogP contribution in [0.3, 0.4) is 0 Å². The SMILES string of the molecule is COCCCNC(=O)CN(C)C(=O)c1sccc1S(=O)(=O)Nc1ccc(C)cc1. The number of nitrogens with zero attached hydrogens (tertiary/aromatic N) is 1. The van der Waals surface area contributed by atoms with Crippen LogP contribution in [0.25, 0.3) is 0 Å². The number of sulfonamides is 1. The smallest absolute Gasteiger partial charge is 0.265 e. The first-order chi connectivity index (χ1) is 13.7. The Morgan fingerprint density at radius 2 is 1.86 bits per heavy atom. The van der Waals surface area contributed by atoms with E-state index in [9.17, 15) is 18.0 Å². The highest BCUT2D eigenvalue weighted by atomic mass is 32.2. The molecule has 0 saturated carbocycles. The van der Waals surface area contributed by atoms with E-state index in [0.29, 0.717) is 25.3 Å². The molecule has 1 aromatic heterocycles. The number of nitrogens with one attached hydrogen (secondary N) is 2. The molecular weight excluding hydrogens is 414 g/mol. The Morgan fingerprint density at radius 3 is 2.52 bits per heavy atom. The van der Waals surface area contributed by atoms with Crippen molar-refractivity contribution in [1.29, 1.82) is 0 Å². The lowest BCUT2D eigenvalue weighted by molar-refractivity contribution is -0.121. The lowest BCUT2D eigenvalue weighted by atomic mass is 10.2. The molecule has 10 heteroatoms. The largest absolute Gasteiger partial charge is 0.385 e. The Bertz CT molecular complexity index is 939. The predicted octanol–water partition coefficient (Wildman–Crippen LogP) is 2.08. The van der Waals surface area contributed by atoms with E-state index in [2.05, 4.69) is 10.0 Å². The summed E-state index contributed by atoms with van der Waals surface area (Å²) in [6.45, 7) is 2.69. The monoisotopic (exact) mass is 439 g/mol. The van der Waals surface area contributed by atoms with Crippen molar-refractivity contribution < 1.29 is 22.7 Å². The first kappa shape index (κ1) is 22.9. The maximum absolute atomic E-state index is 12.8. The predicted molar refractivity (Wildman–Crippen MR) is 113 cm³/mol. The molecule has 158 valence electrons. The van der Waals surface area contributed by atoms with E-state index >= 15 is 0 Å². The summed E-state index contributed by atoms with van der Waals surface area (Å²) in [5, 5.41) is 4.23. The molecule has 29 heavy (non-hydrogen) atoms. The lowest BCUT2D eigenvalue weighted by Gasteiger charge is -2.17. The van der Waals surface area contributed by atoms with Crippen molar-refractivity contribution in [2.45, 2.75) is 18.2 Å². The summed E-state index contributed by atoms with van der Waals surface area (Å²) >= 11 is 1.02. The average molecular weight is 440 g/mol. The first-order valence-electron chi connectivity index (χ1n) is 8.92. The van der Waals surface area contributed by atoms with Gasteiger partial charge in [-0.2, -0.15) is 0 Å². The number of hydrogen-bond donors (Lipinski definition) is 2. The fourth-order valence-electron chi connectivity index (χ4n) is 2.46. The fourth-order valence-corrected chi connectivity index (χ4v) is 4.93. The van der Waals surface area contributed by atoms with Gasteiger partial charge in [0.2, 0.25) is 5.91 Å². The van der Waals surface area contributed by atoms with Crippen LogP contribution in [0.4, 0.5) is 5.69 Å². The van der Waals surface area contributed by atoms with Gasteiger partial charge in [-0.3, -0.25) is 14.3 Å². The number of ether oxygens (including phenoxy) is 1. The van der Waals surface area contributed by atoms with Gasteiger partial charge in [0.05, 0.1) is 6.54 Å². The second kappa shape index (κ2) is 10.4. The zero-order valence-electron chi connectivity index (χ0n) is 16.6. The van der Waals surface area contributed by atoms with Crippen LogP contribution in [0.15, 0.2) is 40.6 Å². The average Bonchev–Trinajstić information content (AvgIpc) is 3.17. The quantitative estimate of drug-likeness (QED) is 0.552. The summed E-state index contributed by atoms with van der Waals surface area (Å²) in [7, 11) is -0.906. The maximum Gasteiger partial charge on any atom is 0.265 e. The normalized spacial score (nSPS) is 11.1. The minimum atomic E-state index is -3.94. The van der Waals surface area contributed by atoms with Gasteiger partial charge in [0.15, 0.2) is 0 Å². The number of hydrogen-bond acceptors (Lipinski definition) is 6. The first-order valence-corrected chi connectivity index (χ1v) is 11.3. The molecule has 0 radical (unpaired) electrons. The van der Waals surface area contributed by atoms with Crippen molar-refractivity contribution in [2.75, 3.05) is 38.6 Å². The van der Waals surface area contributed by atoms with Crippen molar-refractivity contribution >= 4 is 38.9 Å². The van der Waals surface area contributed by atoms with Gasteiger partial charge in [-0.25, -0.2) is 8.42 Å². The molecule has 1 aromatic carbocycles. The highest BCUT2D eigenvalue weighted by Gasteiger charge is 2.26. The van der Waals surface area contributed by atoms with E-state index in [0.717, 1.165) is 16.9 Å². The summed E-state index contributed by atoms with van der Waals surface area (Å²) in [6, 6.07) is 8.27. The van der Waals surface area contributed by atoms with E-state index in [-0.39, 0.29) is 22.2 Å². The Balaban J connectivity index is 2.06. The number of carbonyl (C=O) groups excluding carboxylic acids is 2. The van der Waals surface area contributed by atoms with Gasteiger partial charge in [0.1, 0.15) is 9.77 Å². The topological polar surface area (TPSA) is 105 Å². The van der Waals surface area contributed by atoms with E-state index in [1.54, 1.807) is 31.4 Å². The van der Waals surface area contributed by atoms with E-state index in [4.69, 9.17) is 4.74 Å². The van der Waals surface area contributed by atoms with Crippen LogP contribution in [0.5, 0.6) is 0 Å². The minimum Gasteiger partial charge on any atom is -0.385 e. The van der Waals surface area contributed by atoms with Crippen LogP contribution in [0.1, 0.15) is 21.7 Å². The van der Waals surface area contributed by atoms with Crippen molar-refractivity contribution in [3.8, 4) is 0 Å². The Morgan fingerprint density at radius 1 is 1.17 bits per heavy atom. The molecule has 0 fully saturated rings. The molecule has 2 amide bonds. The highest BCUT2D eigenvalue weighted by molar-refractivity contribution is 7.93. The minimum absolute atomic E-state index is 0.0549. The van der Waals surface area contributed by atoms with Crippen LogP contribution in [-0.4, -0.2) is 59.0 Å². The number of thiophene rings is 1. The number of benzene rings is 1. The molecule has 2 aromatic rings. The Kier molecular flexibility index (Phi) is 8.18. The standard InChI is InChI=1S/C19H25N3O5S2/c1-14-5-7-15(8-6-14)21-29(25,26)16-9-12-28-18(16)19(24)22(2)13-17(23)20-10-4-11-27-3/h5-9,12,21H,4,10-11,13H2,1-3H3,(H,20,23). The molecule has 0 bridgehead atoms. The van der Waals surface area contributed by atoms with Gasteiger partial charge in [-0.05, 0) is 36.9 Å². The molecule has 0 aliphatic rings. The molecule has 2 N–H and O–H groups in total. The van der Waals surface area contributed by atoms with Gasteiger partial charge in [0, 0.05) is 33.0 Å². The number of aryl methyl sites for hydroxylation is 1. The van der Waals surface area contributed by atoms with Crippen molar-refractivity contribution in [3.63, 3.8) is 0 Å². The molecular formula is C19H25N3O5S2. The number of amides is 2. The lowest BCUT2D eigenvalue weighted by Crippen LogP contribution is -2.39.